The molecule has 1 N–H and O–H groups in total. The van der Waals surface area contributed by atoms with Gasteiger partial charge in [0.15, 0.2) is 0 Å². The molecule has 2 aromatic rings. The summed E-state index contributed by atoms with van der Waals surface area (Å²) in [6.45, 7) is -0.371. The number of carbonyl (C=O) groups excluding carboxylic acids is 1. The fraction of sp³-hybridized carbons (Fsp3) is 0.348. The SMILES string of the molecule is COc1cccc(C(CNC(=O)C=Cc2ccc(OC(F)F)cc2)N2CCCC2)c1. The lowest BCUT2D eigenvalue weighted by molar-refractivity contribution is -0.116. The predicted octanol–water partition coefficient (Wildman–Crippen LogP) is 4.26. The average Bonchev–Trinajstić information content (AvgIpc) is 3.28. The molecule has 0 aromatic heterocycles. The smallest absolute Gasteiger partial charge is 0.387 e. The van der Waals surface area contributed by atoms with Crippen LogP contribution in [0, 0.1) is 0 Å². The molecule has 1 aliphatic rings. The largest absolute Gasteiger partial charge is 0.497 e. The van der Waals surface area contributed by atoms with Crippen molar-refractivity contribution in [3.8, 4) is 11.5 Å². The minimum Gasteiger partial charge on any atom is -0.497 e. The van der Waals surface area contributed by atoms with Crippen LogP contribution in [0.2, 0.25) is 0 Å². The van der Waals surface area contributed by atoms with Crippen molar-refractivity contribution in [1.82, 2.24) is 10.2 Å². The van der Waals surface area contributed by atoms with Gasteiger partial charge in [0, 0.05) is 12.6 Å². The fourth-order valence-corrected chi connectivity index (χ4v) is 3.55. The summed E-state index contributed by atoms with van der Waals surface area (Å²) in [7, 11) is 1.64. The van der Waals surface area contributed by atoms with E-state index in [1.54, 1.807) is 25.3 Å². The summed E-state index contributed by atoms with van der Waals surface area (Å²) in [5.41, 5.74) is 1.82. The Bertz CT molecular complexity index is 850. The van der Waals surface area contributed by atoms with Gasteiger partial charge in [0.1, 0.15) is 11.5 Å². The van der Waals surface area contributed by atoms with Crippen LogP contribution in [0.25, 0.3) is 6.08 Å². The van der Waals surface area contributed by atoms with Gasteiger partial charge in [-0.05, 0) is 67.4 Å². The molecule has 3 rings (SSSR count). The van der Waals surface area contributed by atoms with Crippen molar-refractivity contribution in [2.24, 2.45) is 0 Å². The van der Waals surface area contributed by atoms with Gasteiger partial charge in [-0.3, -0.25) is 9.69 Å². The number of nitrogens with one attached hydrogen (secondary N) is 1. The number of amides is 1. The highest BCUT2D eigenvalue weighted by atomic mass is 19.3. The highest BCUT2D eigenvalue weighted by molar-refractivity contribution is 5.91. The number of hydrogen-bond acceptors (Lipinski definition) is 4. The molecule has 0 bridgehead atoms. The second kappa shape index (κ2) is 10.7. The number of hydrogen-bond donors (Lipinski definition) is 1. The van der Waals surface area contributed by atoms with Crippen LogP contribution in [0.4, 0.5) is 8.78 Å². The van der Waals surface area contributed by atoms with E-state index in [0.717, 1.165) is 42.8 Å². The molecule has 1 aliphatic heterocycles. The maximum absolute atomic E-state index is 12.3. The molecule has 0 spiro atoms. The van der Waals surface area contributed by atoms with Gasteiger partial charge in [-0.1, -0.05) is 24.3 Å². The van der Waals surface area contributed by atoms with Crippen LogP contribution in [0.15, 0.2) is 54.6 Å². The van der Waals surface area contributed by atoms with Crippen LogP contribution < -0.4 is 14.8 Å². The molecule has 160 valence electrons. The maximum atomic E-state index is 12.3. The predicted molar refractivity (Wildman–Crippen MR) is 112 cm³/mol. The number of carbonyl (C=O) groups is 1. The highest BCUT2D eigenvalue weighted by Gasteiger charge is 2.24. The summed E-state index contributed by atoms with van der Waals surface area (Å²) in [6, 6.07) is 14.1. The summed E-state index contributed by atoms with van der Waals surface area (Å²) in [5, 5.41) is 2.97. The van der Waals surface area contributed by atoms with E-state index in [4.69, 9.17) is 4.74 Å². The first-order chi connectivity index (χ1) is 14.5. The zero-order chi connectivity index (χ0) is 21.3. The lowest BCUT2D eigenvalue weighted by Crippen LogP contribution is -2.36. The molecular weight excluding hydrogens is 390 g/mol. The van der Waals surface area contributed by atoms with Gasteiger partial charge in [-0.25, -0.2) is 0 Å². The van der Waals surface area contributed by atoms with Crippen molar-refractivity contribution in [3.63, 3.8) is 0 Å². The Morgan fingerprint density at radius 1 is 1.13 bits per heavy atom. The Morgan fingerprint density at radius 3 is 2.53 bits per heavy atom. The van der Waals surface area contributed by atoms with E-state index < -0.39 is 6.61 Å². The molecule has 5 nitrogen and oxygen atoms in total. The molecule has 2 aromatic carbocycles. The second-order valence-corrected chi connectivity index (χ2v) is 7.06. The van der Waals surface area contributed by atoms with Crippen molar-refractivity contribution in [3.05, 3.63) is 65.7 Å². The quantitative estimate of drug-likeness (QED) is 0.621. The standard InChI is InChI=1S/C23H26F2N2O3/c1-29-20-6-4-5-18(15-20)21(27-13-2-3-14-27)16-26-22(28)12-9-17-7-10-19(11-8-17)30-23(24)25/h4-12,15,21,23H,2-3,13-14,16H2,1H3,(H,26,28). The summed E-state index contributed by atoms with van der Waals surface area (Å²) in [5.74, 6) is 0.663. The molecule has 30 heavy (non-hydrogen) atoms. The number of methoxy groups -OCH3 is 1. The van der Waals surface area contributed by atoms with Crippen molar-refractivity contribution >= 4 is 12.0 Å². The van der Waals surface area contributed by atoms with E-state index in [0.29, 0.717) is 6.54 Å². The molecule has 1 fully saturated rings. The number of likely N-dealkylation sites (tertiary alicyclic amines) is 1. The maximum Gasteiger partial charge on any atom is 0.387 e. The number of benzene rings is 2. The Balaban J connectivity index is 1.60. The van der Waals surface area contributed by atoms with Crippen molar-refractivity contribution in [2.75, 3.05) is 26.7 Å². The van der Waals surface area contributed by atoms with Crippen LogP contribution in [0.5, 0.6) is 11.5 Å². The molecular formula is C23H26F2N2O3. The first-order valence-corrected chi connectivity index (χ1v) is 9.94. The van der Waals surface area contributed by atoms with Crippen LogP contribution in [0.3, 0.4) is 0 Å². The van der Waals surface area contributed by atoms with Crippen LogP contribution in [-0.4, -0.2) is 44.2 Å². The first-order valence-electron chi connectivity index (χ1n) is 9.94. The zero-order valence-electron chi connectivity index (χ0n) is 16.9. The topological polar surface area (TPSA) is 50.8 Å². The number of nitrogens with zero attached hydrogens (tertiary/aromatic N) is 1. The third-order valence-electron chi connectivity index (χ3n) is 5.06. The van der Waals surface area contributed by atoms with Crippen molar-refractivity contribution < 1.29 is 23.0 Å². The molecule has 1 unspecified atom stereocenters. The van der Waals surface area contributed by atoms with Crippen molar-refractivity contribution in [2.45, 2.75) is 25.5 Å². The number of alkyl halides is 2. The minimum absolute atomic E-state index is 0.0747. The van der Waals surface area contributed by atoms with Gasteiger partial charge >= 0.3 is 6.61 Å². The van der Waals surface area contributed by atoms with E-state index in [1.807, 2.05) is 18.2 Å². The third-order valence-corrected chi connectivity index (χ3v) is 5.06. The molecule has 1 saturated heterocycles. The van der Waals surface area contributed by atoms with Gasteiger partial charge in [0.2, 0.25) is 5.91 Å². The molecule has 7 heteroatoms. The molecule has 0 aliphatic carbocycles. The minimum atomic E-state index is -2.86. The van der Waals surface area contributed by atoms with E-state index in [9.17, 15) is 13.6 Å². The van der Waals surface area contributed by atoms with E-state index >= 15 is 0 Å². The van der Waals surface area contributed by atoms with Crippen LogP contribution >= 0.6 is 0 Å². The van der Waals surface area contributed by atoms with Crippen LogP contribution in [-0.2, 0) is 4.79 Å². The zero-order valence-corrected chi connectivity index (χ0v) is 16.9. The monoisotopic (exact) mass is 416 g/mol. The van der Waals surface area contributed by atoms with Gasteiger partial charge in [-0.15, -0.1) is 0 Å². The molecule has 1 atom stereocenters. The highest BCUT2D eigenvalue weighted by Crippen LogP contribution is 2.27. The Morgan fingerprint density at radius 2 is 1.87 bits per heavy atom. The molecule has 1 heterocycles. The molecule has 0 saturated carbocycles. The normalized spacial score (nSPS) is 15.5. The van der Waals surface area contributed by atoms with E-state index in [2.05, 4.69) is 21.0 Å². The average molecular weight is 416 g/mol. The first kappa shape index (κ1) is 21.8. The second-order valence-electron chi connectivity index (χ2n) is 7.06. The number of rotatable bonds is 9. The lowest BCUT2D eigenvalue weighted by atomic mass is 10.0. The van der Waals surface area contributed by atoms with Crippen LogP contribution in [0.1, 0.15) is 30.0 Å². The number of halogens is 2. The number of ether oxygens (including phenoxy) is 2. The molecule has 1 amide bonds. The van der Waals surface area contributed by atoms with E-state index in [1.165, 1.54) is 18.2 Å². The Hall–Kier alpha value is -2.93. The Kier molecular flexibility index (Phi) is 7.79. The molecule has 0 radical (unpaired) electrons. The Labute approximate surface area is 175 Å². The summed E-state index contributed by atoms with van der Waals surface area (Å²) in [6.07, 6.45) is 5.38. The fourth-order valence-electron chi connectivity index (χ4n) is 3.55. The summed E-state index contributed by atoms with van der Waals surface area (Å²) in [4.78, 5) is 14.7. The van der Waals surface area contributed by atoms with Gasteiger partial charge in [-0.2, -0.15) is 8.78 Å². The van der Waals surface area contributed by atoms with Gasteiger partial charge < -0.3 is 14.8 Å². The van der Waals surface area contributed by atoms with Crippen molar-refractivity contribution in [1.29, 1.82) is 0 Å². The van der Waals surface area contributed by atoms with Gasteiger partial charge in [0.25, 0.3) is 0 Å². The summed E-state index contributed by atoms with van der Waals surface area (Å²) >= 11 is 0. The lowest BCUT2D eigenvalue weighted by Gasteiger charge is -2.28. The third kappa shape index (κ3) is 6.29. The summed E-state index contributed by atoms with van der Waals surface area (Å²) < 4.78 is 34.1. The van der Waals surface area contributed by atoms with Gasteiger partial charge in [0.05, 0.1) is 13.2 Å². The van der Waals surface area contributed by atoms with E-state index in [-0.39, 0.29) is 17.7 Å².